The molecule has 0 bridgehead atoms. The Morgan fingerprint density at radius 2 is 1.85 bits per heavy atom. The summed E-state index contributed by atoms with van der Waals surface area (Å²) in [5, 5.41) is 6.26. The molecule has 2 aromatic heterocycles. The van der Waals surface area contributed by atoms with E-state index in [0.717, 1.165) is 17.6 Å². The number of fused-ring (bicyclic) bond motifs is 1. The molecule has 2 atom stereocenters. The molecule has 5 rings (SSSR count). The highest BCUT2D eigenvalue weighted by molar-refractivity contribution is 5.88. The number of anilines is 2. The minimum absolute atomic E-state index is 0.0843. The lowest BCUT2D eigenvalue weighted by Gasteiger charge is -2.28. The molecular weight excluding hydrogens is 601 g/mol. The standard InChI is InChI=1S/C33H37F3N6O4/c1-20-15-26(42(18-20)31(44)46-32(3,4)5)30(43)37-12-14-41-13-11-25-28(41)29(39-19-38-25)40-23-9-10-27(21(2)16-23)45-24-8-6-7-22(17-24)33(34,35)36/h6-11,13,16-17,19-20,26H,12,14-15,18H2,1-5H3,(H,37,43)(H,38,39,40)/t20-,26+/m1/s1. The van der Waals surface area contributed by atoms with Crippen molar-refractivity contribution in [1.82, 2.24) is 24.8 Å². The van der Waals surface area contributed by atoms with Gasteiger partial charge < -0.3 is 24.7 Å². The molecule has 1 aliphatic rings. The Morgan fingerprint density at radius 3 is 2.57 bits per heavy atom. The number of aryl methyl sites for hydroxylation is 1. The quantitative estimate of drug-likeness (QED) is 0.213. The first-order valence-electron chi connectivity index (χ1n) is 15.0. The third-order valence-electron chi connectivity index (χ3n) is 7.47. The van der Waals surface area contributed by atoms with Crippen LogP contribution in [0.15, 0.2) is 61.1 Å². The third kappa shape index (κ3) is 7.69. The molecule has 1 fully saturated rings. The number of nitrogens with one attached hydrogen (secondary N) is 2. The van der Waals surface area contributed by atoms with Gasteiger partial charge in [-0.25, -0.2) is 14.8 Å². The number of hydrogen-bond donors (Lipinski definition) is 2. The fourth-order valence-electron chi connectivity index (χ4n) is 5.39. The third-order valence-corrected chi connectivity index (χ3v) is 7.47. The Labute approximate surface area is 264 Å². The monoisotopic (exact) mass is 638 g/mol. The van der Waals surface area contributed by atoms with Gasteiger partial charge in [0.2, 0.25) is 5.91 Å². The Balaban J connectivity index is 1.25. The number of amides is 2. The van der Waals surface area contributed by atoms with Crippen molar-refractivity contribution in [3.8, 4) is 11.5 Å². The van der Waals surface area contributed by atoms with E-state index in [0.29, 0.717) is 54.4 Å². The molecule has 0 spiro atoms. The molecule has 13 heteroatoms. The van der Waals surface area contributed by atoms with Crippen LogP contribution in [-0.4, -0.2) is 56.2 Å². The summed E-state index contributed by atoms with van der Waals surface area (Å²) in [6.07, 6.45) is -1.10. The van der Waals surface area contributed by atoms with Gasteiger partial charge in [-0.05, 0) is 88.1 Å². The number of benzene rings is 2. The molecule has 4 aromatic rings. The molecule has 46 heavy (non-hydrogen) atoms. The Hall–Kier alpha value is -4.81. The molecule has 10 nitrogen and oxygen atoms in total. The zero-order valence-corrected chi connectivity index (χ0v) is 26.3. The number of nitrogens with zero attached hydrogens (tertiary/aromatic N) is 4. The van der Waals surface area contributed by atoms with Crippen LogP contribution in [0.3, 0.4) is 0 Å². The summed E-state index contributed by atoms with van der Waals surface area (Å²) in [5.41, 5.74) is 1.37. The van der Waals surface area contributed by atoms with Gasteiger partial charge in [0, 0.05) is 31.5 Å². The number of carbonyl (C=O) groups is 2. The average molecular weight is 639 g/mol. The molecule has 0 aliphatic carbocycles. The highest BCUT2D eigenvalue weighted by Gasteiger charge is 2.39. The van der Waals surface area contributed by atoms with E-state index in [1.807, 2.05) is 29.8 Å². The molecule has 0 unspecified atom stereocenters. The Kier molecular flexibility index (Phi) is 9.13. The molecule has 1 saturated heterocycles. The Bertz CT molecular complexity index is 1730. The highest BCUT2D eigenvalue weighted by Crippen LogP contribution is 2.34. The van der Waals surface area contributed by atoms with E-state index in [4.69, 9.17) is 9.47 Å². The van der Waals surface area contributed by atoms with Crippen LogP contribution < -0.4 is 15.4 Å². The van der Waals surface area contributed by atoms with Crippen molar-refractivity contribution >= 4 is 34.5 Å². The van der Waals surface area contributed by atoms with Crippen molar-refractivity contribution in [1.29, 1.82) is 0 Å². The second kappa shape index (κ2) is 12.9. The summed E-state index contributed by atoms with van der Waals surface area (Å²) in [6.45, 7) is 10.4. The smallest absolute Gasteiger partial charge is 0.416 e. The van der Waals surface area contributed by atoms with Crippen LogP contribution >= 0.6 is 0 Å². The number of hydrogen-bond acceptors (Lipinski definition) is 7. The topological polar surface area (TPSA) is 111 Å². The van der Waals surface area contributed by atoms with Crippen molar-refractivity contribution in [2.75, 3.05) is 18.4 Å². The van der Waals surface area contributed by atoms with E-state index in [1.54, 1.807) is 39.8 Å². The maximum absolute atomic E-state index is 13.1. The number of halogens is 3. The van der Waals surface area contributed by atoms with Crippen LogP contribution in [0.5, 0.6) is 11.5 Å². The maximum atomic E-state index is 13.1. The molecule has 244 valence electrons. The molecule has 1 aliphatic heterocycles. The zero-order valence-electron chi connectivity index (χ0n) is 26.3. The van der Waals surface area contributed by atoms with E-state index in [-0.39, 0.29) is 17.6 Å². The number of aromatic nitrogens is 3. The summed E-state index contributed by atoms with van der Waals surface area (Å²) >= 11 is 0. The predicted molar refractivity (Wildman–Crippen MR) is 167 cm³/mol. The number of rotatable bonds is 8. The van der Waals surface area contributed by atoms with Crippen LogP contribution in [0.1, 0.15) is 45.2 Å². The Morgan fingerprint density at radius 1 is 1.07 bits per heavy atom. The average Bonchev–Trinajstić information content (AvgIpc) is 3.57. The highest BCUT2D eigenvalue weighted by atomic mass is 19.4. The lowest BCUT2D eigenvalue weighted by atomic mass is 10.1. The lowest BCUT2D eigenvalue weighted by Crippen LogP contribution is -2.48. The van der Waals surface area contributed by atoms with Crippen LogP contribution in [0.25, 0.3) is 11.0 Å². The fraction of sp³-hybridized carbons (Fsp3) is 0.394. The van der Waals surface area contributed by atoms with Gasteiger partial charge in [-0.3, -0.25) is 9.69 Å². The van der Waals surface area contributed by atoms with Gasteiger partial charge in [0.15, 0.2) is 5.82 Å². The summed E-state index contributed by atoms with van der Waals surface area (Å²) in [4.78, 5) is 36.2. The molecule has 2 N–H and O–H groups in total. The largest absolute Gasteiger partial charge is 0.457 e. The molecule has 0 radical (unpaired) electrons. The molecule has 2 amide bonds. The van der Waals surface area contributed by atoms with Crippen LogP contribution in [0.4, 0.5) is 29.5 Å². The van der Waals surface area contributed by atoms with Crippen LogP contribution in [0.2, 0.25) is 0 Å². The van der Waals surface area contributed by atoms with Gasteiger partial charge in [-0.1, -0.05) is 13.0 Å². The second-order valence-corrected chi connectivity index (χ2v) is 12.5. The van der Waals surface area contributed by atoms with E-state index in [9.17, 15) is 22.8 Å². The van der Waals surface area contributed by atoms with Gasteiger partial charge in [0.1, 0.15) is 35.0 Å². The lowest BCUT2D eigenvalue weighted by molar-refractivity contribution is -0.137. The van der Waals surface area contributed by atoms with Crippen molar-refractivity contribution in [2.45, 2.75) is 65.4 Å². The normalized spacial score (nSPS) is 16.8. The predicted octanol–water partition coefficient (Wildman–Crippen LogP) is 7.06. The van der Waals surface area contributed by atoms with Gasteiger partial charge >= 0.3 is 12.3 Å². The summed E-state index contributed by atoms with van der Waals surface area (Å²) in [6, 6.07) is 11.2. The first-order chi connectivity index (χ1) is 21.7. The summed E-state index contributed by atoms with van der Waals surface area (Å²) < 4.78 is 52.6. The van der Waals surface area contributed by atoms with Gasteiger partial charge in [-0.15, -0.1) is 0 Å². The minimum atomic E-state index is -4.47. The fourth-order valence-corrected chi connectivity index (χ4v) is 5.39. The SMILES string of the molecule is Cc1cc(Nc2ncnc3ccn(CCNC(=O)[C@@H]4C[C@@H](C)CN4C(=O)OC(C)(C)C)c23)ccc1Oc1cccc(C(F)(F)F)c1. The van der Waals surface area contributed by atoms with Crippen LogP contribution in [0, 0.1) is 12.8 Å². The number of ether oxygens (including phenoxy) is 2. The molecule has 3 heterocycles. The van der Waals surface area contributed by atoms with Crippen molar-refractivity contribution in [3.63, 3.8) is 0 Å². The van der Waals surface area contributed by atoms with Gasteiger partial charge in [0.25, 0.3) is 0 Å². The molecular formula is C33H37F3N6O4. The molecule has 0 saturated carbocycles. The van der Waals surface area contributed by atoms with Crippen molar-refractivity contribution < 1.29 is 32.2 Å². The maximum Gasteiger partial charge on any atom is 0.416 e. The number of alkyl halides is 3. The van der Waals surface area contributed by atoms with Gasteiger partial charge in [-0.2, -0.15) is 13.2 Å². The van der Waals surface area contributed by atoms with E-state index >= 15 is 0 Å². The summed E-state index contributed by atoms with van der Waals surface area (Å²) in [5.74, 6) is 0.976. The summed E-state index contributed by atoms with van der Waals surface area (Å²) in [7, 11) is 0. The minimum Gasteiger partial charge on any atom is -0.457 e. The zero-order chi connectivity index (χ0) is 33.2. The van der Waals surface area contributed by atoms with E-state index in [2.05, 4.69) is 20.6 Å². The van der Waals surface area contributed by atoms with Crippen molar-refractivity contribution in [2.24, 2.45) is 5.92 Å². The number of likely N-dealkylation sites (tertiary alicyclic amines) is 1. The van der Waals surface area contributed by atoms with E-state index < -0.39 is 29.5 Å². The van der Waals surface area contributed by atoms with E-state index in [1.165, 1.54) is 23.4 Å². The van der Waals surface area contributed by atoms with Crippen molar-refractivity contribution in [3.05, 3.63) is 72.2 Å². The van der Waals surface area contributed by atoms with Crippen LogP contribution in [-0.2, 0) is 22.3 Å². The van der Waals surface area contributed by atoms with Gasteiger partial charge in [0.05, 0.1) is 11.1 Å². The first kappa shape index (κ1) is 32.6. The second-order valence-electron chi connectivity index (χ2n) is 12.5. The first-order valence-corrected chi connectivity index (χ1v) is 15.0. The number of carbonyl (C=O) groups excluding carboxylic acids is 2. The molecule has 2 aromatic carbocycles.